The maximum atomic E-state index is 8.95. The summed E-state index contributed by atoms with van der Waals surface area (Å²) < 4.78 is 0. The van der Waals surface area contributed by atoms with Crippen molar-refractivity contribution in [3.05, 3.63) is 36.0 Å². The van der Waals surface area contributed by atoms with Gasteiger partial charge in [0.25, 0.3) is 0 Å². The molecule has 1 heterocycles. The second-order valence-electron chi connectivity index (χ2n) is 3.60. The molecule has 4 heteroatoms. The van der Waals surface area contributed by atoms with Gasteiger partial charge in [0, 0.05) is 23.4 Å². The number of hydrogen-bond donors (Lipinski definition) is 1. The van der Waals surface area contributed by atoms with E-state index in [-0.39, 0.29) is 0 Å². The monoisotopic (exact) mass is 243 g/mol. The third-order valence-corrected chi connectivity index (χ3v) is 3.06. The van der Waals surface area contributed by atoms with E-state index in [2.05, 4.69) is 22.6 Å². The number of thioether (sulfide) groups is 1. The molecule has 86 valence electrons. The normalized spacial score (nSPS) is 10.1. The number of hydrogen-bond acceptors (Lipinski definition) is 4. The van der Waals surface area contributed by atoms with Crippen LogP contribution in [0.4, 0.5) is 5.69 Å². The summed E-state index contributed by atoms with van der Waals surface area (Å²) in [6, 6.07) is 11.8. The Balaban J connectivity index is 2.41. The Bertz CT molecular complexity index is 560. The highest BCUT2D eigenvalue weighted by Crippen LogP contribution is 2.22. The zero-order valence-electron chi connectivity index (χ0n) is 9.60. The van der Waals surface area contributed by atoms with Gasteiger partial charge in [0.05, 0.1) is 5.52 Å². The molecule has 0 aliphatic rings. The standard InChI is InChI=1S/C13H13N3S/c1-17-7-6-15-13-8-10(9-14)16-12-5-3-2-4-11(12)13/h2-5,8H,6-7H2,1H3,(H,15,16). The maximum absolute atomic E-state index is 8.95. The first-order chi connectivity index (χ1) is 8.35. The number of pyridine rings is 1. The first kappa shape index (κ1) is 11.7. The summed E-state index contributed by atoms with van der Waals surface area (Å²) in [6.45, 7) is 0.889. The average molecular weight is 243 g/mol. The minimum absolute atomic E-state index is 0.454. The van der Waals surface area contributed by atoms with Crippen molar-refractivity contribution < 1.29 is 0 Å². The van der Waals surface area contributed by atoms with Crippen molar-refractivity contribution in [2.75, 3.05) is 23.9 Å². The zero-order valence-corrected chi connectivity index (χ0v) is 10.4. The molecule has 0 spiro atoms. The number of rotatable bonds is 4. The van der Waals surface area contributed by atoms with Gasteiger partial charge in [0.15, 0.2) is 0 Å². The van der Waals surface area contributed by atoms with Gasteiger partial charge in [0.2, 0.25) is 0 Å². The lowest BCUT2D eigenvalue weighted by atomic mass is 10.1. The molecule has 0 fully saturated rings. The predicted octanol–water partition coefficient (Wildman–Crippen LogP) is 2.88. The van der Waals surface area contributed by atoms with Crippen molar-refractivity contribution in [2.24, 2.45) is 0 Å². The van der Waals surface area contributed by atoms with Crippen LogP contribution >= 0.6 is 11.8 Å². The van der Waals surface area contributed by atoms with Crippen LogP contribution in [0.25, 0.3) is 10.9 Å². The quantitative estimate of drug-likeness (QED) is 0.839. The van der Waals surface area contributed by atoms with Crippen LogP contribution in [0.5, 0.6) is 0 Å². The maximum Gasteiger partial charge on any atom is 0.143 e. The summed E-state index contributed by atoms with van der Waals surface area (Å²) in [5, 5.41) is 13.4. The Morgan fingerprint density at radius 2 is 2.24 bits per heavy atom. The number of nitrogens with zero attached hydrogens (tertiary/aromatic N) is 2. The number of benzene rings is 1. The topological polar surface area (TPSA) is 48.7 Å². The molecule has 3 nitrogen and oxygen atoms in total. The molecule has 2 aromatic rings. The Labute approximate surface area is 105 Å². The minimum Gasteiger partial charge on any atom is -0.384 e. The number of anilines is 1. The number of para-hydroxylation sites is 1. The van der Waals surface area contributed by atoms with E-state index in [4.69, 9.17) is 5.26 Å². The fourth-order valence-corrected chi connectivity index (χ4v) is 1.97. The van der Waals surface area contributed by atoms with Gasteiger partial charge in [-0.1, -0.05) is 18.2 Å². The third kappa shape index (κ3) is 2.69. The van der Waals surface area contributed by atoms with Gasteiger partial charge in [-0.2, -0.15) is 17.0 Å². The summed E-state index contributed by atoms with van der Waals surface area (Å²) in [4.78, 5) is 4.28. The highest BCUT2D eigenvalue weighted by atomic mass is 32.2. The molecule has 1 aromatic carbocycles. The number of fused-ring (bicyclic) bond motifs is 1. The second kappa shape index (κ2) is 5.55. The SMILES string of the molecule is CSCCNc1cc(C#N)nc2ccccc12. The van der Waals surface area contributed by atoms with E-state index >= 15 is 0 Å². The smallest absolute Gasteiger partial charge is 0.143 e. The van der Waals surface area contributed by atoms with Crippen molar-refractivity contribution in [1.82, 2.24) is 4.98 Å². The Kier molecular flexibility index (Phi) is 3.84. The highest BCUT2D eigenvalue weighted by Gasteiger charge is 2.04. The molecule has 17 heavy (non-hydrogen) atoms. The predicted molar refractivity (Wildman–Crippen MR) is 73.3 cm³/mol. The first-order valence-electron chi connectivity index (χ1n) is 5.38. The van der Waals surface area contributed by atoms with Crippen molar-refractivity contribution in [1.29, 1.82) is 5.26 Å². The second-order valence-corrected chi connectivity index (χ2v) is 4.59. The van der Waals surface area contributed by atoms with Gasteiger partial charge >= 0.3 is 0 Å². The Morgan fingerprint density at radius 1 is 1.41 bits per heavy atom. The van der Waals surface area contributed by atoms with Crippen molar-refractivity contribution in [2.45, 2.75) is 0 Å². The molecule has 0 bridgehead atoms. The Hall–Kier alpha value is -1.73. The summed E-state index contributed by atoms with van der Waals surface area (Å²) >= 11 is 1.79. The average Bonchev–Trinajstić information content (AvgIpc) is 2.38. The van der Waals surface area contributed by atoms with Crippen LogP contribution in [0.2, 0.25) is 0 Å². The molecule has 0 unspecified atom stereocenters. The summed E-state index contributed by atoms with van der Waals surface area (Å²) in [7, 11) is 0. The van der Waals surface area contributed by atoms with Gasteiger partial charge in [-0.15, -0.1) is 0 Å². The summed E-state index contributed by atoms with van der Waals surface area (Å²) in [5.74, 6) is 1.04. The van der Waals surface area contributed by atoms with E-state index < -0.39 is 0 Å². The lowest BCUT2D eigenvalue weighted by Crippen LogP contribution is -2.05. The van der Waals surface area contributed by atoms with Crippen LogP contribution < -0.4 is 5.32 Å². The molecule has 0 atom stereocenters. The molecule has 0 aliphatic heterocycles. The summed E-state index contributed by atoms with van der Waals surface area (Å²) in [6.07, 6.45) is 2.08. The molecular formula is C13H13N3S. The van der Waals surface area contributed by atoms with Crippen LogP contribution in [-0.4, -0.2) is 23.5 Å². The molecule has 0 aliphatic carbocycles. The Morgan fingerprint density at radius 3 is 3.00 bits per heavy atom. The van der Waals surface area contributed by atoms with Gasteiger partial charge in [-0.05, 0) is 18.4 Å². The molecule has 1 aromatic heterocycles. The van der Waals surface area contributed by atoms with Crippen molar-refractivity contribution >= 4 is 28.4 Å². The largest absolute Gasteiger partial charge is 0.384 e. The van der Waals surface area contributed by atoms with Crippen LogP contribution in [0.1, 0.15) is 5.69 Å². The molecule has 0 saturated heterocycles. The van der Waals surface area contributed by atoms with E-state index in [1.165, 1.54) is 0 Å². The van der Waals surface area contributed by atoms with Gasteiger partial charge < -0.3 is 5.32 Å². The molecule has 1 N–H and O–H groups in total. The molecule has 0 amide bonds. The molecule has 2 rings (SSSR count). The van der Waals surface area contributed by atoms with Crippen molar-refractivity contribution in [3.8, 4) is 6.07 Å². The first-order valence-corrected chi connectivity index (χ1v) is 6.77. The van der Waals surface area contributed by atoms with E-state index in [0.29, 0.717) is 5.69 Å². The summed E-state index contributed by atoms with van der Waals surface area (Å²) in [5.41, 5.74) is 2.30. The van der Waals surface area contributed by atoms with Gasteiger partial charge in [-0.3, -0.25) is 0 Å². The van der Waals surface area contributed by atoms with E-state index in [0.717, 1.165) is 28.9 Å². The lowest BCUT2D eigenvalue weighted by molar-refractivity contribution is 1.22. The number of nitriles is 1. The van der Waals surface area contributed by atoms with Crippen LogP contribution in [-0.2, 0) is 0 Å². The fourth-order valence-electron chi connectivity index (χ4n) is 1.67. The van der Waals surface area contributed by atoms with Crippen molar-refractivity contribution in [3.63, 3.8) is 0 Å². The molecule has 0 radical (unpaired) electrons. The molecular weight excluding hydrogens is 230 g/mol. The zero-order chi connectivity index (χ0) is 12.1. The lowest BCUT2D eigenvalue weighted by Gasteiger charge is -2.09. The van der Waals surface area contributed by atoms with Gasteiger partial charge in [-0.25, -0.2) is 4.98 Å². The highest BCUT2D eigenvalue weighted by molar-refractivity contribution is 7.98. The van der Waals surface area contributed by atoms with E-state index in [1.54, 1.807) is 11.8 Å². The van der Waals surface area contributed by atoms with Crippen LogP contribution in [0.15, 0.2) is 30.3 Å². The van der Waals surface area contributed by atoms with Crippen LogP contribution in [0, 0.1) is 11.3 Å². The van der Waals surface area contributed by atoms with Crippen LogP contribution in [0.3, 0.4) is 0 Å². The van der Waals surface area contributed by atoms with Gasteiger partial charge in [0.1, 0.15) is 11.8 Å². The van der Waals surface area contributed by atoms with E-state index in [1.807, 2.05) is 30.3 Å². The third-order valence-electron chi connectivity index (χ3n) is 2.45. The number of aromatic nitrogens is 1. The minimum atomic E-state index is 0.454. The van der Waals surface area contributed by atoms with E-state index in [9.17, 15) is 0 Å². The fraction of sp³-hybridized carbons (Fsp3) is 0.231. The molecule has 0 saturated carbocycles. The number of nitrogens with one attached hydrogen (secondary N) is 1.